The Morgan fingerprint density at radius 2 is 1.56 bits per heavy atom. The molecule has 1 atom stereocenters. The van der Waals surface area contributed by atoms with Gasteiger partial charge in [0.2, 0.25) is 10.0 Å². The molecule has 1 aliphatic rings. The van der Waals surface area contributed by atoms with Crippen LogP contribution in [0, 0.1) is 5.82 Å². The molecule has 1 heterocycles. The topological polar surface area (TPSA) is 141 Å². The summed E-state index contributed by atoms with van der Waals surface area (Å²) in [4.78, 5) is 16.5. The van der Waals surface area contributed by atoms with Gasteiger partial charge in [-0.1, -0.05) is 114 Å². The van der Waals surface area contributed by atoms with Crippen molar-refractivity contribution in [2.75, 3.05) is 48.6 Å². The lowest BCUT2D eigenvalue weighted by Crippen LogP contribution is -2.47. The number of halogens is 1. The summed E-state index contributed by atoms with van der Waals surface area (Å²) in [6.07, 6.45) is 9.30. The zero-order valence-corrected chi connectivity index (χ0v) is 39.9. The number of sulfonamides is 1. The molecule has 11 nitrogen and oxygen atoms in total. The normalized spacial score (nSPS) is 14.7. The van der Waals surface area contributed by atoms with E-state index < -0.39 is 36.0 Å². The number of hydrogen-bond acceptors (Lipinski definition) is 8. The molecular weight excluding hydrogens is 836 g/mol. The number of unbranched alkanes of at least 4 members (excludes halogenated alkanes) is 6. The van der Waals surface area contributed by atoms with Gasteiger partial charge in [-0.15, -0.1) is 0 Å². The molecule has 4 N–H and O–H groups in total. The third-order valence-corrected chi connectivity index (χ3v) is 17.4. The maximum Gasteiger partial charge on any atom is 0.412 e. The lowest BCUT2D eigenvalue weighted by Gasteiger charge is -2.39. The fourth-order valence-corrected chi connectivity index (χ4v) is 9.65. The van der Waals surface area contributed by atoms with Crippen LogP contribution in [0.2, 0.25) is 18.1 Å². The maximum atomic E-state index is 14.2. The van der Waals surface area contributed by atoms with Crippen molar-refractivity contribution < 1.29 is 37.0 Å². The number of ether oxygens (including phenoxy) is 1. The van der Waals surface area contributed by atoms with Gasteiger partial charge in [-0.2, -0.15) is 0 Å². The van der Waals surface area contributed by atoms with Crippen LogP contribution in [0.1, 0.15) is 95.8 Å². The minimum Gasteiger partial charge on any atom is -0.505 e. The summed E-state index contributed by atoms with van der Waals surface area (Å²) >= 11 is 0. The predicted octanol–water partition coefficient (Wildman–Crippen LogP) is 11.2. The average Bonchev–Trinajstić information content (AvgIpc) is 3.23. The Morgan fingerprint density at radius 1 is 0.905 bits per heavy atom. The quantitative estimate of drug-likeness (QED) is 0.0423. The molecule has 0 saturated carbocycles. The van der Waals surface area contributed by atoms with E-state index in [9.17, 15) is 27.8 Å². The van der Waals surface area contributed by atoms with Gasteiger partial charge in [0.15, 0.2) is 19.9 Å². The van der Waals surface area contributed by atoms with Gasteiger partial charge in [0.05, 0.1) is 23.7 Å². The number of carboxylic acid groups (broad SMARTS) is 1. The number of amides is 1. The maximum absolute atomic E-state index is 14.2. The standard InChI is InChI=1S/C49H69FN4O7SSi/c1-49(2,3)63(5,6)61-47(39-24-26-46(43(34-39)52-62(4,58)59)60-36-37-19-13-12-14-20-37)35-51-29-17-10-8-7-9-11-18-30-53-31-27-40(28-32-53)54(48(56)57)44-22-16-15-21-41(44)38-23-25-45(55)42(50)33-38/h12-16,19-26,33-34,40,47,51-52,55H,7-11,17-18,27-32,35-36H2,1-6H3,(H,56,57)/t47-/m1/s1. The Balaban J connectivity index is 1.03. The van der Waals surface area contributed by atoms with Crippen molar-refractivity contribution in [2.24, 2.45) is 0 Å². The Hall–Kier alpha value is -4.47. The monoisotopic (exact) mass is 904 g/mol. The number of likely N-dealkylation sites (tertiary alicyclic amines) is 1. The molecule has 14 heteroatoms. The Kier molecular flexibility index (Phi) is 18.0. The van der Waals surface area contributed by atoms with E-state index >= 15 is 0 Å². The highest BCUT2D eigenvalue weighted by atomic mass is 32.2. The van der Waals surface area contributed by atoms with E-state index in [1.165, 1.54) is 36.3 Å². The fourth-order valence-electron chi connectivity index (χ4n) is 7.81. The minimum absolute atomic E-state index is 0.00670. The molecule has 0 bridgehead atoms. The molecule has 1 saturated heterocycles. The number of hydrogen-bond donors (Lipinski definition) is 4. The van der Waals surface area contributed by atoms with Crippen LogP contribution < -0.4 is 19.7 Å². The molecule has 0 unspecified atom stereocenters. The fraction of sp³-hybridized carbons (Fsp3) is 0.490. The smallest absolute Gasteiger partial charge is 0.412 e. The van der Waals surface area contributed by atoms with Crippen molar-refractivity contribution in [3.05, 3.63) is 108 Å². The molecule has 63 heavy (non-hydrogen) atoms. The first-order valence-electron chi connectivity index (χ1n) is 22.4. The van der Waals surface area contributed by atoms with E-state index in [4.69, 9.17) is 9.16 Å². The van der Waals surface area contributed by atoms with E-state index in [1.54, 1.807) is 30.3 Å². The molecule has 344 valence electrons. The van der Waals surface area contributed by atoms with Gasteiger partial charge in [-0.3, -0.25) is 9.62 Å². The average molecular weight is 905 g/mol. The summed E-state index contributed by atoms with van der Waals surface area (Å²) in [5, 5.41) is 23.6. The van der Waals surface area contributed by atoms with Crippen LogP contribution in [0.3, 0.4) is 0 Å². The highest BCUT2D eigenvalue weighted by Gasteiger charge is 2.39. The van der Waals surface area contributed by atoms with E-state index in [0.29, 0.717) is 41.4 Å². The molecule has 4 aromatic carbocycles. The van der Waals surface area contributed by atoms with Gasteiger partial charge < -0.3 is 29.6 Å². The number of rotatable bonds is 23. The zero-order chi connectivity index (χ0) is 45.6. The molecule has 0 radical (unpaired) electrons. The Bertz CT molecular complexity index is 2180. The zero-order valence-electron chi connectivity index (χ0n) is 38.0. The van der Waals surface area contributed by atoms with Crippen molar-refractivity contribution >= 4 is 35.8 Å². The first-order valence-corrected chi connectivity index (χ1v) is 27.2. The van der Waals surface area contributed by atoms with Crippen LogP contribution in [-0.2, 0) is 21.1 Å². The number of aromatic hydroxyl groups is 1. The second kappa shape index (κ2) is 22.9. The lowest BCUT2D eigenvalue weighted by molar-refractivity contribution is 0.179. The Labute approximate surface area is 376 Å². The first-order chi connectivity index (χ1) is 29.9. The van der Waals surface area contributed by atoms with E-state index in [0.717, 1.165) is 82.1 Å². The number of para-hydroxylation sites is 1. The molecule has 1 aliphatic heterocycles. The number of carbonyl (C=O) groups is 1. The van der Waals surface area contributed by atoms with E-state index in [2.05, 4.69) is 48.8 Å². The molecule has 1 amide bonds. The van der Waals surface area contributed by atoms with Gasteiger partial charge in [0.25, 0.3) is 0 Å². The summed E-state index contributed by atoms with van der Waals surface area (Å²) in [6.45, 7) is 15.6. The molecular formula is C49H69FN4O7SSi. The van der Waals surface area contributed by atoms with Crippen molar-refractivity contribution in [2.45, 2.75) is 115 Å². The number of nitrogens with zero attached hydrogens (tertiary/aromatic N) is 2. The summed E-state index contributed by atoms with van der Waals surface area (Å²) < 4.78 is 54.8. The van der Waals surface area contributed by atoms with Gasteiger partial charge in [-0.05, 0) is 104 Å². The summed E-state index contributed by atoms with van der Waals surface area (Å²) in [5.74, 6) is -0.720. The molecule has 4 aromatic rings. The Morgan fingerprint density at radius 3 is 2.21 bits per heavy atom. The van der Waals surface area contributed by atoms with E-state index in [-0.39, 0.29) is 17.2 Å². The third kappa shape index (κ3) is 15.1. The largest absolute Gasteiger partial charge is 0.505 e. The SMILES string of the molecule is CC(C)(C)[Si](C)(C)O[C@H](CNCCCCCCCCCN1CCC(N(C(=O)O)c2ccccc2-c2ccc(O)c(F)c2)CC1)c1ccc(OCc2ccccc2)c(NS(C)(=O)=O)c1. The molecule has 5 rings (SSSR count). The number of phenolic OH excluding ortho intramolecular Hbond substituents is 1. The second-order valence-corrected chi connectivity index (χ2v) is 24.9. The van der Waals surface area contributed by atoms with Crippen LogP contribution in [0.25, 0.3) is 11.1 Å². The van der Waals surface area contributed by atoms with Crippen LogP contribution in [0.5, 0.6) is 11.5 Å². The van der Waals surface area contributed by atoms with Gasteiger partial charge in [-0.25, -0.2) is 17.6 Å². The lowest BCUT2D eigenvalue weighted by atomic mass is 9.98. The van der Waals surface area contributed by atoms with Crippen molar-refractivity contribution in [3.63, 3.8) is 0 Å². The number of piperidine rings is 1. The van der Waals surface area contributed by atoms with Crippen LogP contribution in [0.4, 0.5) is 20.6 Å². The number of benzene rings is 4. The number of anilines is 2. The van der Waals surface area contributed by atoms with Gasteiger partial charge in [0, 0.05) is 31.2 Å². The van der Waals surface area contributed by atoms with Crippen molar-refractivity contribution in [3.8, 4) is 22.6 Å². The number of phenols is 1. The van der Waals surface area contributed by atoms with Crippen LogP contribution >= 0.6 is 0 Å². The highest BCUT2D eigenvalue weighted by Crippen LogP contribution is 2.41. The third-order valence-electron chi connectivity index (χ3n) is 12.4. The highest BCUT2D eigenvalue weighted by molar-refractivity contribution is 7.92. The van der Waals surface area contributed by atoms with E-state index in [1.807, 2.05) is 48.5 Å². The molecule has 1 fully saturated rings. The summed E-state index contributed by atoms with van der Waals surface area (Å²) in [5.41, 5.74) is 3.93. The summed E-state index contributed by atoms with van der Waals surface area (Å²) in [7, 11) is -5.75. The minimum atomic E-state index is -3.56. The molecule has 0 spiro atoms. The molecule has 0 aromatic heterocycles. The number of nitrogens with one attached hydrogen (secondary N) is 2. The predicted molar refractivity (Wildman–Crippen MR) is 255 cm³/mol. The van der Waals surface area contributed by atoms with Crippen LogP contribution in [-0.4, -0.2) is 83.0 Å². The van der Waals surface area contributed by atoms with Crippen molar-refractivity contribution in [1.82, 2.24) is 10.2 Å². The van der Waals surface area contributed by atoms with Gasteiger partial charge >= 0.3 is 6.09 Å². The summed E-state index contributed by atoms with van der Waals surface area (Å²) in [6, 6.07) is 26.6. The second-order valence-electron chi connectivity index (χ2n) is 18.4. The first kappa shape index (κ1) is 49.5. The van der Waals surface area contributed by atoms with Gasteiger partial charge in [0.1, 0.15) is 12.4 Å². The molecule has 0 aliphatic carbocycles. The van der Waals surface area contributed by atoms with Crippen molar-refractivity contribution in [1.29, 1.82) is 0 Å². The van der Waals surface area contributed by atoms with Crippen LogP contribution in [0.15, 0.2) is 91.0 Å².